The molecule has 4 nitrogen and oxygen atoms in total. The van der Waals surface area contributed by atoms with Gasteiger partial charge in [-0.1, -0.05) is 15.9 Å². The maximum Gasteiger partial charge on any atom is 0.238 e. The Kier molecular flexibility index (Phi) is 5.38. The predicted molar refractivity (Wildman–Crippen MR) is 82.2 cm³/mol. The standard InChI is InChI=1S/C13H16Br2N2O2/c14-9-3-4-12(11(15)6-9)16-13(19)7-17-5-1-2-10(17)8-18/h3-4,6,10,18H,1-2,5,7-8H2,(H,16,19). The lowest BCUT2D eigenvalue weighted by molar-refractivity contribution is -0.117. The summed E-state index contributed by atoms with van der Waals surface area (Å²) < 4.78 is 1.80. The lowest BCUT2D eigenvalue weighted by atomic mass is 10.2. The minimum atomic E-state index is -0.0524. The molecule has 0 bridgehead atoms. The van der Waals surface area contributed by atoms with Gasteiger partial charge < -0.3 is 10.4 Å². The van der Waals surface area contributed by atoms with Gasteiger partial charge in [0.2, 0.25) is 5.91 Å². The van der Waals surface area contributed by atoms with Crippen molar-refractivity contribution in [2.75, 3.05) is 25.0 Å². The van der Waals surface area contributed by atoms with Gasteiger partial charge in [0.1, 0.15) is 0 Å². The number of anilines is 1. The number of hydrogen-bond donors (Lipinski definition) is 2. The highest BCUT2D eigenvalue weighted by molar-refractivity contribution is 9.11. The summed E-state index contributed by atoms with van der Waals surface area (Å²) in [6.45, 7) is 1.32. The SMILES string of the molecule is O=C(CN1CCCC1CO)Nc1ccc(Br)cc1Br. The van der Waals surface area contributed by atoms with E-state index in [0.29, 0.717) is 6.54 Å². The molecule has 1 amide bonds. The van der Waals surface area contributed by atoms with Crippen LogP contribution in [0, 0.1) is 0 Å². The first-order valence-corrected chi connectivity index (χ1v) is 7.78. The Morgan fingerprint density at radius 1 is 1.47 bits per heavy atom. The maximum absolute atomic E-state index is 12.0. The van der Waals surface area contributed by atoms with Crippen molar-refractivity contribution in [2.45, 2.75) is 18.9 Å². The maximum atomic E-state index is 12.0. The number of nitrogens with zero attached hydrogens (tertiary/aromatic N) is 1. The summed E-state index contributed by atoms with van der Waals surface area (Å²) >= 11 is 6.79. The molecule has 104 valence electrons. The Morgan fingerprint density at radius 2 is 2.26 bits per heavy atom. The molecule has 0 radical (unpaired) electrons. The molecule has 0 spiro atoms. The molecule has 0 aliphatic carbocycles. The van der Waals surface area contributed by atoms with Crippen molar-refractivity contribution in [3.05, 3.63) is 27.1 Å². The fourth-order valence-electron chi connectivity index (χ4n) is 2.28. The topological polar surface area (TPSA) is 52.6 Å². The van der Waals surface area contributed by atoms with E-state index in [0.717, 1.165) is 34.0 Å². The number of aliphatic hydroxyl groups is 1. The second-order valence-corrected chi connectivity index (χ2v) is 6.39. The van der Waals surface area contributed by atoms with E-state index in [1.54, 1.807) is 0 Å². The van der Waals surface area contributed by atoms with Crippen LogP contribution in [0.3, 0.4) is 0 Å². The summed E-state index contributed by atoms with van der Waals surface area (Å²) in [5, 5.41) is 12.1. The Bertz CT molecular complexity index is 468. The number of halogens is 2. The van der Waals surface area contributed by atoms with Gasteiger partial charge in [-0.15, -0.1) is 0 Å². The molecular weight excluding hydrogens is 376 g/mol. The summed E-state index contributed by atoms with van der Waals surface area (Å²) in [5.41, 5.74) is 0.757. The summed E-state index contributed by atoms with van der Waals surface area (Å²) in [4.78, 5) is 14.0. The fourth-order valence-corrected chi connectivity index (χ4v) is 3.42. The molecule has 1 heterocycles. The van der Waals surface area contributed by atoms with E-state index in [1.807, 2.05) is 23.1 Å². The van der Waals surface area contributed by atoms with Gasteiger partial charge >= 0.3 is 0 Å². The van der Waals surface area contributed by atoms with Gasteiger partial charge in [0, 0.05) is 15.0 Å². The summed E-state index contributed by atoms with van der Waals surface area (Å²) in [7, 11) is 0. The number of carbonyl (C=O) groups excluding carboxylic acids is 1. The number of amides is 1. The molecule has 2 N–H and O–H groups in total. The highest BCUT2D eigenvalue weighted by atomic mass is 79.9. The first-order valence-electron chi connectivity index (χ1n) is 6.20. The number of rotatable bonds is 4. The summed E-state index contributed by atoms with van der Waals surface area (Å²) in [6.07, 6.45) is 2.01. The fraction of sp³-hybridized carbons (Fsp3) is 0.462. The van der Waals surface area contributed by atoms with E-state index in [4.69, 9.17) is 0 Å². The molecule has 1 aromatic carbocycles. The Morgan fingerprint density at radius 3 is 2.95 bits per heavy atom. The Hall–Kier alpha value is -0.430. The summed E-state index contributed by atoms with van der Waals surface area (Å²) in [5.74, 6) is -0.0524. The van der Waals surface area contributed by atoms with E-state index in [-0.39, 0.29) is 18.6 Å². The third kappa shape index (κ3) is 4.02. The molecule has 1 aliphatic heterocycles. The normalized spacial score (nSPS) is 19.6. The number of hydrogen-bond acceptors (Lipinski definition) is 3. The molecule has 1 aromatic rings. The van der Waals surface area contributed by atoms with Gasteiger partial charge in [-0.25, -0.2) is 0 Å². The molecule has 6 heteroatoms. The molecule has 2 rings (SSSR count). The van der Waals surface area contributed by atoms with Crippen molar-refractivity contribution >= 4 is 43.5 Å². The van der Waals surface area contributed by atoms with E-state index in [1.165, 1.54) is 0 Å². The van der Waals surface area contributed by atoms with Crippen LogP contribution < -0.4 is 5.32 Å². The molecule has 1 fully saturated rings. The second kappa shape index (κ2) is 6.83. The van der Waals surface area contributed by atoms with E-state index < -0.39 is 0 Å². The Balaban J connectivity index is 1.94. The molecule has 0 aromatic heterocycles. The Labute approximate surface area is 129 Å². The first-order chi connectivity index (χ1) is 9.10. The van der Waals surface area contributed by atoms with Crippen LogP contribution in [-0.4, -0.2) is 41.7 Å². The van der Waals surface area contributed by atoms with Gasteiger partial charge in [0.05, 0.1) is 18.8 Å². The van der Waals surface area contributed by atoms with E-state index >= 15 is 0 Å². The van der Waals surface area contributed by atoms with E-state index in [9.17, 15) is 9.90 Å². The van der Waals surface area contributed by atoms with Gasteiger partial charge in [0.25, 0.3) is 0 Å². The van der Waals surface area contributed by atoms with Crippen LogP contribution in [0.2, 0.25) is 0 Å². The zero-order valence-electron chi connectivity index (χ0n) is 10.4. The predicted octanol–water partition coefficient (Wildman–Crippen LogP) is 2.61. The third-order valence-electron chi connectivity index (χ3n) is 3.26. The number of benzene rings is 1. The van der Waals surface area contributed by atoms with Crippen LogP contribution in [-0.2, 0) is 4.79 Å². The van der Waals surface area contributed by atoms with Crippen LogP contribution >= 0.6 is 31.9 Å². The van der Waals surface area contributed by atoms with Crippen molar-refractivity contribution < 1.29 is 9.90 Å². The van der Waals surface area contributed by atoms with Crippen molar-refractivity contribution in [3.63, 3.8) is 0 Å². The van der Waals surface area contributed by atoms with E-state index in [2.05, 4.69) is 37.2 Å². The number of nitrogens with one attached hydrogen (secondary N) is 1. The monoisotopic (exact) mass is 390 g/mol. The quantitative estimate of drug-likeness (QED) is 0.829. The largest absolute Gasteiger partial charge is 0.395 e. The van der Waals surface area contributed by atoms with Crippen LogP contribution in [0.25, 0.3) is 0 Å². The van der Waals surface area contributed by atoms with Crippen LogP contribution in [0.4, 0.5) is 5.69 Å². The van der Waals surface area contributed by atoms with Crippen molar-refractivity contribution in [2.24, 2.45) is 0 Å². The average Bonchev–Trinajstić information content (AvgIpc) is 2.80. The third-order valence-corrected chi connectivity index (χ3v) is 4.41. The minimum absolute atomic E-state index is 0.0524. The minimum Gasteiger partial charge on any atom is -0.395 e. The highest BCUT2D eigenvalue weighted by Crippen LogP contribution is 2.26. The molecule has 19 heavy (non-hydrogen) atoms. The molecule has 1 aliphatic rings. The number of likely N-dealkylation sites (tertiary alicyclic amines) is 1. The zero-order valence-corrected chi connectivity index (χ0v) is 13.6. The molecular formula is C13H16Br2N2O2. The number of carbonyl (C=O) groups is 1. The smallest absolute Gasteiger partial charge is 0.238 e. The van der Waals surface area contributed by atoms with Crippen LogP contribution in [0.15, 0.2) is 27.1 Å². The first kappa shape index (κ1) is 15.0. The number of aliphatic hydroxyl groups excluding tert-OH is 1. The van der Waals surface area contributed by atoms with Gasteiger partial charge in [-0.2, -0.15) is 0 Å². The molecule has 0 saturated carbocycles. The zero-order chi connectivity index (χ0) is 13.8. The van der Waals surface area contributed by atoms with Crippen molar-refractivity contribution in [3.8, 4) is 0 Å². The highest BCUT2D eigenvalue weighted by Gasteiger charge is 2.25. The lowest BCUT2D eigenvalue weighted by Crippen LogP contribution is -2.38. The van der Waals surface area contributed by atoms with Crippen molar-refractivity contribution in [1.82, 2.24) is 4.90 Å². The second-order valence-electron chi connectivity index (χ2n) is 4.62. The van der Waals surface area contributed by atoms with Gasteiger partial charge in [-0.3, -0.25) is 9.69 Å². The van der Waals surface area contributed by atoms with Crippen molar-refractivity contribution in [1.29, 1.82) is 0 Å². The average molecular weight is 392 g/mol. The van der Waals surface area contributed by atoms with Gasteiger partial charge in [0.15, 0.2) is 0 Å². The molecule has 1 saturated heterocycles. The lowest BCUT2D eigenvalue weighted by Gasteiger charge is -2.22. The van der Waals surface area contributed by atoms with Gasteiger partial charge in [-0.05, 0) is 53.5 Å². The van der Waals surface area contributed by atoms with Crippen LogP contribution in [0.5, 0.6) is 0 Å². The molecule has 1 unspecified atom stereocenters. The molecule has 1 atom stereocenters. The summed E-state index contributed by atoms with van der Waals surface area (Å²) in [6, 6.07) is 5.74. The van der Waals surface area contributed by atoms with Crippen LogP contribution in [0.1, 0.15) is 12.8 Å².